The molecule has 0 spiro atoms. The number of aromatic hydroxyl groups is 2. The summed E-state index contributed by atoms with van der Waals surface area (Å²) in [5, 5.41) is 23.6. The molecule has 1 aromatic heterocycles. The zero-order valence-electron chi connectivity index (χ0n) is 10.8. The van der Waals surface area contributed by atoms with E-state index in [0.717, 1.165) is 11.5 Å². The Morgan fingerprint density at radius 1 is 1.20 bits per heavy atom. The molecule has 1 aliphatic heterocycles. The smallest absolute Gasteiger partial charge is 0.258 e. The lowest BCUT2D eigenvalue weighted by Gasteiger charge is -2.24. The van der Waals surface area contributed by atoms with E-state index in [0.29, 0.717) is 22.5 Å². The third-order valence-corrected chi connectivity index (χ3v) is 6.19. The highest BCUT2D eigenvalue weighted by Crippen LogP contribution is 2.41. The molecule has 0 aliphatic carbocycles. The van der Waals surface area contributed by atoms with Crippen molar-refractivity contribution in [1.82, 2.24) is 10.1 Å². The van der Waals surface area contributed by atoms with Crippen molar-refractivity contribution >= 4 is 23.5 Å². The molecule has 20 heavy (non-hydrogen) atoms. The van der Waals surface area contributed by atoms with E-state index >= 15 is 0 Å². The summed E-state index contributed by atoms with van der Waals surface area (Å²) in [6.45, 7) is 2.17. The van der Waals surface area contributed by atoms with Crippen LogP contribution in [0.2, 0.25) is 0 Å². The first-order chi connectivity index (χ1) is 9.65. The van der Waals surface area contributed by atoms with Crippen LogP contribution in [-0.2, 0) is 0 Å². The molecule has 7 heteroatoms. The fraction of sp³-hybridized carbons (Fsp3) is 0.385. The van der Waals surface area contributed by atoms with Crippen LogP contribution in [0.25, 0.3) is 11.5 Å². The SMILES string of the molecule is CC1SCCSC1c1noc(-c2ccc(O)c(O)c2)n1. The Hall–Kier alpha value is -1.34. The molecular formula is C13H14N2O3S2. The highest BCUT2D eigenvalue weighted by atomic mass is 32.2. The Balaban J connectivity index is 1.87. The predicted octanol–water partition coefficient (Wildman–Crippen LogP) is 3.06. The molecular weight excluding hydrogens is 296 g/mol. The van der Waals surface area contributed by atoms with Crippen LogP contribution in [0, 0.1) is 0 Å². The molecule has 5 nitrogen and oxygen atoms in total. The van der Waals surface area contributed by atoms with Gasteiger partial charge in [0.25, 0.3) is 5.89 Å². The lowest BCUT2D eigenvalue weighted by atomic mass is 10.2. The molecule has 2 unspecified atom stereocenters. The van der Waals surface area contributed by atoms with Gasteiger partial charge in [0.15, 0.2) is 17.3 Å². The van der Waals surface area contributed by atoms with Crippen molar-refractivity contribution in [1.29, 1.82) is 0 Å². The normalized spacial score (nSPS) is 22.9. The number of thioether (sulfide) groups is 2. The van der Waals surface area contributed by atoms with Crippen molar-refractivity contribution in [3.63, 3.8) is 0 Å². The number of phenols is 2. The van der Waals surface area contributed by atoms with E-state index in [-0.39, 0.29) is 16.7 Å². The number of benzene rings is 1. The molecule has 0 saturated carbocycles. The average Bonchev–Trinajstić information content (AvgIpc) is 2.92. The van der Waals surface area contributed by atoms with Gasteiger partial charge in [-0.1, -0.05) is 12.1 Å². The molecule has 2 heterocycles. The lowest BCUT2D eigenvalue weighted by molar-refractivity contribution is 0.402. The first kappa shape index (κ1) is 13.6. The molecule has 3 rings (SSSR count). The molecule has 1 aliphatic rings. The van der Waals surface area contributed by atoms with Gasteiger partial charge in [0, 0.05) is 22.3 Å². The third kappa shape index (κ3) is 2.60. The zero-order valence-corrected chi connectivity index (χ0v) is 12.4. The van der Waals surface area contributed by atoms with Crippen LogP contribution < -0.4 is 0 Å². The average molecular weight is 310 g/mol. The van der Waals surface area contributed by atoms with Gasteiger partial charge in [-0.3, -0.25) is 0 Å². The minimum Gasteiger partial charge on any atom is -0.504 e. The second-order valence-corrected chi connectivity index (χ2v) is 7.26. The molecule has 1 aromatic carbocycles. The Labute approximate surface area is 124 Å². The van der Waals surface area contributed by atoms with Crippen molar-refractivity contribution in [2.45, 2.75) is 17.4 Å². The Morgan fingerprint density at radius 3 is 2.75 bits per heavy atom. The summed E-state index contributed by atoms with van der Waals surface area (Å²) in [5.41, 5.74) is 0.597. The molecule has 2 atom stereocenters. The van der Waals surface area contributed by atoms with Crippen LogP contribution in [0.15, 0.2) is 22.7 Å². The van der Waals surface area contributed by atoms with Gasteiger partial charge in [-0.25, -0.2) is 0 Å². The largest absolute Gasteiger partial charge is 0.504 e. The van der Waals surface area contributed by atoms with E-state index in [1.54, 1.807) is 6.07 Å². The zero-order chi connectivity index (χ0) is 14.1. The van der Waals surface area contributed by atoms with Gasteiger partial charge in [0.1, 0.15) is 0 Å². The van der Waals surface area contributed by atoms with E-state index in [1.807, 2.05) is 23.5 Å². The van der Waals surface area contributed by atoms with Crippen LogP contribution in [0.1, 0.15) is 18.0 Å². The van der Waals surface area contributed by atoms with Gasteiger partial charge in [-0.2, -0.15) is 16.7 Å². The third-order valence-electron chi connectivity index (χ3n) is 3.11. The van der Waals surface area contributed by atoms with Gasteiger partial charge in [-0.15, -0.1) is 11.8 Å². The van der Waals surface area contributed by atoms with Gasteiger partial charge >= 0.3 is 0 Å². The number of hydrogen-bond acceptors (Lipinski definition) is 7. The summed E-state index contributed by atoms with van der Waals surface area (Å²) < 4.78 is 5.27. The number of hydrogen-bond donors (Lipinski definition) is 2. The number of rotatable bonds is 2. The lowest BCUT2D eigenvalue weighted by Crippen LogP contribution is -2.16. The highest BCUT2D eigenvalue weighted by Gasteiger charge is 2.28. The maximum absolute atomic E-state index is 9.51. The van der Waals surface area contributed by atoms with E-state index < -0.39 is 0 Å². The Kier molecular flexibility index (Phi) is 3.80. The molecule has 2 aromatic rings. The summed E-state index contributed by atoms with van der Waals surface area (Å²) in [7, 11) is 0. The molecule has 2 N–H and O–H groups in total. The van der Waals surface area contributed by atoms with E-state index in [9.17, 15) is 10.2 Å². The maximum atomic E-state index is 9.51. The van der Waals surface area contributed by atoms with E-state index in [1.165, 1.54) is 12.1 Å². The van der Waals surface area contributed by atoms with Crippen LogP contribution in [0.3, 0.4) is 0 Å². The minimum atomic E-state index is -0.196. The van der Waals surface area contributed by atoms with Gasteiger partial charge in [0.2, 0.25) is 0 Å². The molecule has 0 amide bonds. The standard InChI is InChI=1S/C13H14N2O3S2/c1-7-11(20-5-4-19-7)12-14-13(18-15-12)8-2-3-9(16)10(17)6-8/h2-3,6-7,11,16-17H,4-5H2,1H3. The summed E-state index contributed by atoms with van der Waals surface area (Å²) in [4.78, 5) is 4.42. The number of aromatic nitrogens is 2. The van der Waals surface area contributed by atoms with Crippen molar-refractivity contribution in [3.8, 4) is 23.0 Å². The van der Waals surface area contributed by atoms with Crippen LogP contribution in [0.4, 0.5) is 0 Å². The number of nitrogens with zero attached hydrogens (tertiary/aromatic N) is 2. The fourth-order valence-electron chi connectivity index (χ4n) is 2.04. The Bertz CT molecular complexity index is 617. The monoisotopic (exact) mass is 310 g/mol. The molecule has 0 bridgehead atoms. The van der Waals surface area contributed by atoms with Crippen LogP contribution >= 0.6 is 23.5 Å². The Morgan fingerprint density at radius 2 is 2.00 bits per heavy atom. The second kappa shape index (κ2) is 5.57. The fourth-order valence-corrected chi connectivity index (χ4v) is 4.72. The van der Waals surface area contributed by atoms with Crippen molar-refractivity contribution in [2.24, 2.45) is 0 Å². The van der Waals surface area contributed by atoms with Crippen molar-refractivity contribution in [2.75, 3.05) is 11.5 Å². The first-order valence-corrected chi connectivity index (χ1v) is 8.34. The molecule has 1 fully saturated rings. The van der Waals surface area contributed by atoms with Crippen molar-refractivity contribution < 1.29 is 14.7 Å². The van der Waals surface area contributed by atoms with E-state index in [4.69, 9.17) is 4.52 Å². The van der Waals surface area contributed by atoms with Gasteiger partial charge in [-0.05, 0) is 18.2 Å². The van der Waals surface area contributed by atoms with Gasteiger partial charge < -0.3 is 14.7 Å². The molecule has 1 saturated heterocycles. The summed E-state index contributed by atoms with van der Waals surface area (Å²) in [6, 6.07) is 4.46. The minimum absolute atomic E-state index is 0.165. The topological polar surface area (TPSA) is 79.4 Å². The quantitative estimate of drug-likeness (QED) is 0.825. The van der Waals surface area contributed by atoms with Crippen molar-refractivity contribution in [3.05, 3.63) is 24.0 Å². The maximum Gasteiger partial charge on any atom is 0.258 e. The summed E-state index contributed by atoms with van der Waals surface area (Å²) in [5.74, 6) is 2.93. The van der Waals surface area contributed by atoms with Crippen LogP contribution in [0.5, 0.6) is 11.5 Å². The van der Waals surface area contributed by atoms with Crippen LogP contribution in [-0.4, -0.2) is 37.1 Å². The molecule has 0 radical (unpaired) electrons. The van der Waals surface area contributed by atoms with Gasteiger partial charge in [0.05, 0.1) is 5.25 Å². The summed E-state index contributed by atoms with van der Waals surface area (Å²) in [6.07, 6.45) is 0. The predicted molar refractivity (Wildman–Crippen MR) is 80.2 cm³/mol. The first-order valence-electron chi connectivity index (χ1n) is 6.24. The van der Waals surface area contributed by atoms with E-state index in [2.05, 4.69) is 17.1 Å². The molecule has 106 valence electrons. The number of phenolic OH excluding ortho intramolecular Hbond substituents is 2. The highest BCUT2D eigenvalue weighted by molar-refractivity contribution is 8.06. The summed E-state index contributed by atoms with van der Waals surface area (Å²) >= 11 is 3.76. The second-order valence-electron chi connectivity index (χ2n) is 4.53.